The van der Waals surface area contributed by atoms with Gasteiger partial charge in [-0.3, -0.25) is 4.79 Å². The SMILES string of the molecule is O=C(NN=Cc1cc(Cl)cc(Cl)c1O)c1cc(Cl)ccc1Br. The van der Waals surface area contributed by atoms with E-state index in [1.54, 1.807) is 12.1 Å². The van der Waals surface area contributed by atoms with Gasteiger partial charge in [-0.25, -0.2) is 5.43 Å². The van der Waals surface area contributed by atoms with Crippen LogP contribution in [0.1, 0.15) is 15.9 Å². The molecule has 0 bridgehead atoms. The average Bonchev–Trinajstić information content (AvgIpc) is 2.46. The van der Waals surface area contributed by atoms with Gasteiger partial charge in [0.05, 0.1) is 16.8 Å². The summed E-state index contributed by atoms with van der Waals surface area (Å²) in [7, 11) is 0. The van der Waals surface area contributed by atoms with Gasteiger partial charge in [-0.1, -0.05) is 34.8 Å². The molecule has 22 heavy (non-hydrogen) atoms. The molecule has 1 amide bonds. The van der Waals surface area contributed by atoms with Crippen LogP contribution < -0.4 is 5.43 Å². The maximum absolute atomic E-state index is 12.0. The average molecular weight is 422 g/mol. The standard InChI is InChI=1S/C14H8BrCl3N2O2/c15-11-2-1-8(16)4-10(11)14(22)20-19-6-7-3-9(17)5-12(18)13(7)21/h1-6,21H,(H,20,22). The number of benzene rings is 2. The first-order valence-corrected chi connectivity index (χ1v) is 7.77. The van der Waals surface area contributed by atoms with Gasteiger partial charge in [0.2, 0.25) is 0 Å². The lowest BCUT2D eigenvalue weighted by atomic mass is 10.2. The summed E-state index contributed by atoms with van der Waals surface area (Å²) in [5, 5.41) is 14.4. The van der Waals surface area contributed by atoms with Crippen LogP contribution in [0.15, 0.2) is 39.9 Å². The number of nitrogens with one attached hydrogen (secondary N) is 1. The summed E-state index contributed by atoms with van der Waals surface area (Å²) < 4.78 is 0.582. The van der Waals surface area contributed by atoms with E-state index in [0.29, 0.717) is 20.1 Å². The molecule has 0 heterocycles. The predicted octanol–water partition coefficient (Wildman–Crippen LogP) is 4.88. The number of carbonyl (C=O) groups excluding carboxylic acids is 1. The normalized spacial score (nSPS) is 10.9. The molecule has 0 unspecified atom stereocenters. The summed E-state index contributed by atoms with van der Waals surface area (Å²) in [5.74, 6) is -0.633. The van der Waals surface area contributed by atoms with Crippen molar-refractivity contribution in [2.24, 2.45) is 5.10 Å². The Bertz CT molecular complexity index is 766. The quantitative estimate of drug-likeness (QED) is 0.547. The van der Waals surface area contributed by atoms with E-state index in [4.69, 9.17) is 34.8 Å². The number of aromatic hydroxyl groups is 1. The van der Waals surface area contributed by atoms with Crippen LogP contribution in [0.25, 0.3) is 0 Å². The number of phenols is 1. The zero-order chi connectivity index (χ0) is 16.3. The molecule has 0 radical (unpaired) electrons. The van der Waals surface area contributed by atoms with Crippen LogP contribution in [0.4, 0.5) is 0 Å². The van der Waals surface area contributed by atoms with E-state index < -0.39 is 5.91 Å². The summed E-state index contributed by atoms with van der Waals surface area (Å²) in [6, 6.07) is 7.68. The Morgan fingerprint density at radius 3 is 2.64 bits per heavy atom. The molecule has 0 fully saturated rings. The van der Waals surface area contributed by atoms with Crippen molar-refractivity contribution in [1.29, 1.82) is 0 Å². The Kier molecular flexibility index (Phi) is 5.69. The molecular weight excluding hydrogens is 414 g/mol. The molecule has 0 aliphatic rings. The minimum absolute atomic E-state index is 0.0952. The number of rotatable bonds is 3. The van der Waals surface area contributed by atoms with E-state index in [0.717, 1.165) is 0 Å². The third-order valence-electron chi connectivity index (χ3n) is 2.60. The minimum Gasteiger partial charge on any atom is -0.506 e. The number of nitrogens with zero attached hydrogens (tertiary/aromatic N) is 1. The van der Waals surface area contributed by atoms with Gasteiger partial charge in [0.15, 0.2) is 0 Å². The molecular formula is C14H8BrCl3N2O2. The third-order valence-corrected chi connectivity index (χ3v) is 4.03. The van der Waals surface area contributed by atoms with Crippen LogP contribution in [-0.4, -0.2) is 17.2 Å². The van der Waals surface area contributed by atoms with Crippen LogP contribution in [0, 0.1) is 0 Å². The van der Waals surface area contributed by atoms with Crippen molar-refractivity contribution in [2.75, 3.05) is 0 Å². The van der Waals surface area contributed by atoms with E-state index in [1.807, 2.05) is 0 Å². The second kappa shape index (κ2) is 7.33. The maximum Gasteiger partial charge on any atom is 0.272 e. The Hall–Kier alpha value is -1.27. The van der Waals surface area contributed by atoms with Crippen LogP contribution in [0.2, 0.25) is 15.1 Å². The number of phenolic OH excluding ortho intramolecular Hbond substituents is 1. The van der Waals surface area contributed by atoms with E-state index in [2.05, 4.69) is 26.5 Å². The molecule has 0 saturated heterocycles. The molecule has 2 aromatic rings. The van der Waals surface area contributed by atoms with Crippen molar-refractivity contribution < 1.29 is 9.90 Å². The fraction of sp³-hybridized carbons (Fsp3) is 0. The smallest absolute Gasteiger partial charge is 0.272 e. The van der Waals surface area contributed by atoms with Gasteiger partial charge in [-0.15, -0.1) is 0 Å². The largest absolute Gasteiger partial charge is 0.506 e. The topological polar surface area (TPSA) is 61.7 Å². The molecule has 0 atom stereocenters. The summed E-state index contributed by atoms with van der Waals surface area (Å²) in [4.78, 5) is 12.0. The zero-order valence-corrected chi connectivity index (χ0v) is 14.6. The van der Waals surface area contributed by atoms with Crippen LogP contribution >= 0.6 is 50.7 Å². The van der Waals surface area contributed by atoms with Gasteiger partial charge in [0, 0.05) is 20.1 Å². The Labute approximate surface area is 149 Å². The molecule has 0 saturated carbocycles. The van der Waals surface area contributed by atoms with Crippen LogP contribution in [0.5, 0.6) is 5.75 Å². The summed E-state index contributed by atoms with van der Waals surface area (Å²) >= 11 is 20.7. The van der Waals surface area contributed by atoms with Crippen molar-refractivity contribution in [1.82, 2.24) is 5.43 Å². The van der Waals surface area contributed by atoms with Crippen molar-refractivity contribution in [3.8, 4) is 5.75 Å². The van der Waals surface area contributed by atoms with Crippen molar-refractivity contribution in [2.45, 2.75) is 0 Å². The molecule has 2 rings (SSSR count). The minimum atomic E-state index is -0.460. The zero-order valence-electron chi connectivity index (χ0n) is 10.8. The van der Waals surface area contributed by atoms with Gasteiger partial charge < -0.3 is 5.11 Å². The van der Waals surface area contributed by atoms with E-state index in [-0.39, 0.29) is 16.3 Å². The second-order valence-electron chi connectivity index (χ2n) is 4.15. The monoisotopic (exact) mass is 420 g/mol. The molecule has 0 spiro atoms. The maximum atomic E-state index is 12.0. The summed E-state index contributed by atoms with van der Waals surface area (Å²) in [6.45, 7) is 0. The second-order valence-corrected chi connectivity index (χ2v) is 6.28. The van der Waals surface area contributed by atoms with E-state index >= 15 is 0 Å². The summed E-state index contributed by atoms with van der Waals surface area (Å²) in [6.07, 6.45) is 1.24. The van der Waals surface area contributed by atoms with Crippen LogP contribution in [-0.2, 0) is 0 Å². The summed E-state index contributed by atoms with van der Waals surface area (Å²) in [5.41, 5.74) is 2.94. The molecule has 4 nitrogen and oxygen atoms in total. The van der Waals surface area contributed by atoms with Gasteiger partial charge in [0.25, 0.3) is 5.91 Å². The number of halogens is 4. The van der Waals surface area contributed by atoms with Crippen molar-refractivity contribution in [3.05, 3.63) is 61.0 Å². The van der Waals surface area contributed by atoms with Gasteiger partial charge in [0.1, 0.15) is 5.75 Å². The molecule has 0 aliphatic heterocycles. The number of hydrazone groups is 1. The first kappa shape index (κ1) is 17.1. The van der Waals surface area contributed by atoms with Crippen LogP contribution in [0.3, 0.4) is 0 Å². The highest BCUT2D eigenvalue weighted by Crippen LogP contribution is 2.30. The first-order chi connectivity index (χ1) is 10.4. The Morgan fingerprint density at radius 2 is 1.91 bits per heavy atom. The Balaban J connectivity index is 2.16. The fourth-order valence-corrected chi connectivity index (χ4v) is 2.68. The highest BCUT2D eigenvalue weighted by atomic mass is 79.9. The molecule has 0 aromatic heterocycles. The predicted molar refractivity (Wildman–Crippen MR) is 92.3 cm³/mol. The van der Waals surface area contributed by atoms with Gasteiger partial charge >= 0.3 is 0 Å². The highest BCUT2D eigenvalue weighted by Gasteiger charge is 2.10. The van der Waals surface area contributed by atoms with E-state index in [1.165, 1.54) is 24.4 Å². The van der Waals surface area contributed by atoms with Crippen molar-refractivity contribution >= 4 is 62.9 Å². The van der Waals surface area contributed by atoms with Gasteiger partial charge in [-0.2, -0.15) is 5.10 Å². The lowest BCUT2D eigenvalue weighted by molar-refractivity contribution is 0.0954. The molecule has 2 N–H and O–H groups in total. The number of carbonyl (C=O) groups is 1. The highest BCUT2D eigenvalue weighted by molar-refractivity contribution is 9.10. The number of hydrogen-bond donors (Lipinski definition) is 2. The fourth-order valence-electron chi connectivity index (χ4n) is 1.58. The number of amides is 1. The lowest BCUT2D eigenvalue weighted by Crippen LogP contribution is -2.18. The Morgan fingerprint density at radius 1 is 1.18 bits per heavy atom. The molecule has 114 valence electrons. The van der Waals surface area contributed by atoms with Gasteiger partial charge in [-0.05, 0) is 46.3 Å². The molecule has 2 aromatic carbocycles. The van der Waals surface area contributed by atoms with E-state index in [9.17, 15) is 9.90 Å². The third kappa shape index (κ3) is 4.14. The van der Waals surface area contributed by atoms with Crippen molar-refractivity contribution in [3.63, 3.8) is 0 Å². The lowest BCUT2D eigenvalue weighted by Gasteiger charge is -2.04. The molecule has 0 aliphatic carbocycles. The molecule has 8 heteroatoms. The number of hydrogen-bond acceptors (Lipinski definition) is 3. The first-order valence-electron chi connectivity index (χ1n) is 5.85.